The molecule has 1 aromatic carbocycles. The minimum Gasteiger partial charge on any atom is -0.317 e. The van der Waals surface area contributed by atoms with E-state index in [1.807, 2.05) is 0 Å². The van der Waals surface area contributed by atoms with E-state index in [0.717, 1.165) is 102 Å². The Morgan fingerprint density at radius 2 is 0.570 bits per heavy atom. The predicted molar refractivity (Wildman–Crippen MR) is 456 cm³/mol. The van der Waals surface area contributed by atoms with Crippen molar-refractivity contribution >= 4 is 0 Å². The molecule has 1 N–H and O–H groups in total. The lowest BCUT2D eigenvalue weighted by Crippen LogP contribution is -2.42. The van der Waals surface area contributed by atoms with Crippen molar-refractivity contribution in [1.82, 2.24) is 20.0 Å². The normalized spacial score (nSPS) is 29.7. The highest BCUT2D eigenvalue weighted by Gasteiger charge is 2.31. The van der Waals surface area contributed by atoms with E-state index in [0.29, 0.717) is 0 Å². The molecule has 0 bridgehead atoms. The Bertz CT molecular complexity index is 1700. The molecule has 9 fully saturated rings. The van der Waals surface area contributed by atoms with Gasteiger partial charge in [-0.2, -0.15) is 0 Å². The molecule has 2 saturated heterocycles. The monoisotopic (exact) mass is 1400 g/mol. The summed E-state index contributed by atoms with van der Waals surface area (Å²) in [7, 11) is 8.69. The first-order valence-corrected chi connectivity index (χ1v) is 46.0. The fraction of sp³-hybridized carbons (Fsp3) is 0.938. The fourth-order valence-corrected chi connectivity index (χ4v) is 19.6. The highest BCUT2D eigenvalue weighted by Crippen LogP contribution is 2.43. The number of hydrogen-bond acceptors (Lipinski definition) is 4. The molecular formula is C96H190N4. The summed E-state index contributed by atoms with van der Waals surface area (Å²) in [5.41, 5.74) is 2.98. The van der Waals surface area contributed by atoms with Crippen LogP contribution in [0.5, 0.6) is 0 Å². The van der Waals surface area contributed by atoms with Crippen molar-refractivity contribution in [2.24, 2.45) is 82.9 Å². The van der Waals surface area contributed by atoms with Crippen LogP contribution in [-0.4, -0.2) is 88.2 Å². The first-order valence-electron chi connectivity index (χ1n) is 46.0. The maximum atomic E-state index is 3.44. The molecule has 1 aromatic rings. The van der Waals surface area contributed by atoms with Crippen LogP contribution < -0.4 is 5.32 Å². The molecule has 2 atom stereocenters. The molecule has 0 spiro atoms. The number of nitrogens with one attached hydrogen (secondary N) is 1. The Morgan fingerprint density at radius 3 is 0.840 bits per heavy atom. The topological polar surface area (TPSA) is 21.8 Å². The summed E-state index contributed by atoms with van der Waals surface area (Å²) in [6.07, 6.45) is 73.2. The van der Waals surface area contributed by atoms with Crippen LogP contribution in [0.25, 0.3) is 0 Å². The predicted octanol–water partition coefficient (Wildman–Crippen LogP) is 29.4. The molecule has 0 amide bonds. The van der Waals surface area contributed by atoms with Crippen LogP contribution in [0.4, 0.5) is 0 Å². The molecule has 7 saturated carbocycles. The van der Waals surface area contributed by atoms with Crippen molar-refractivity contribution in [3.05, 3.63) is 35.4 Å². The molecule has 10 rings (SSSR count). The highest BCUT2D eigenvalue weighted by atomic mass is 15.2. The Balaban J connectivity index is 0.000000570. The molecule has 2 aliphatic heterocycles. The molecule has 4 heteroatoms. The number of aryl methyl sites for hydroxylation is 2. The van der Waals surface area contributed by atoms with E-state index in [4.69, 9.17) is 0 Å². The summed E-state index contributed by atoms with van der Waals surface area (Å²) < 4.78 is 0. The van der Waals surface area contributed by atoms with Crippen molar-refractivity contribution in [3.8, 4) is 0 Å². The van der Waals surface area contributed by atoms with E-state index in [9.17, 15) is 0 Å². The molecule has 0 radical (unpaired) electrons. The van der Waals surface area contributed by atoms with E-state index in [2.05, 4.69) is 169 Å². The largest absolute Gasteiger partial charge is 0.317 e. The second-order valence-electron chi connectivity index (χ2n) is 35.0. The summed E-state index contributed by atoms with van der Waals surface area (Å²) >= 11 is 0. The van der Waals surface area contributed by atoms with E-state index in [1.54, 1.807) is 32.1 Å². The zero-order valence-electron chi connectivity index (χ0n) is 71.4. The van der Waals surface area contributed by atoms with E-state index in [-0.39, 0.29) is 7.43 Å². The van der Waals surface area contributed by atoms with Crippen LogP contribution in [0.15, 0.2) is 24.3 Å². The van der Waals surface area contributed by atoms with Crippen LogP contribution in [0.2, 0.25) is 0 Å². The summed E-state index contributed by atoms with van der Waals surface area (Å²) in [5, 5.41) is 3.44. The number of nitrogens with zero attached hydrogens (tertiary/aromatic N) is 3. The second-order valence-corrected chi connectivity index (χ2v) is 35.0. The van der Waals surface area contributed by atoms with Crippen molar-refractivity contribution in [2.75, 3.05) is 67.5 Å². The number of benzene rings is 1. The molecule has 2 unspecified atom stereocenters. The van der Waals surface area contributed by atoms with Crippen LogP contribution in [0, 0.1) is 82.9 Å². The van der Waals surface area contributed by atoms with Gasteiger partial charge < -0.3 is 20.0 Å². The van der Waals surface area contributed by atoms with Gasteiger partial charge in [0.05, 0.1) is 0 Å². The molecule has 4 nitrogen and oxygen atoms in total. The molecule has 2 heterocycles. The maximum Gasteiger partial charge on any atom is 0.0107 e. The number of rotatable bonds is 22. The van der Waals surface area contributed by atoms with Gasteiger partial charge in [0, 0.05) is 32.2 Å². The van der Waals surface area contributed by atoms with Crippen molar-refractivity contribution in [1.29, 1.82) is 0 Å². The van der Waals surface area contributed by atoms with Crippen LogP contribution in [0.1, 0.15) is 424 Å². The van der Waals surface area contributed by atoms with Gasteiger partial charge in [-0.3, -0.25) is 0 Å². The van der Waals surface area contributed by atoms with Gasteiger partial charge in [-0.1, -0.05) is 366 Å². The highest BCUT2D eigenvalue weighted by molar-refractivity contribution is 5.26. The number of hydrogen-bond donors (Lipinski definition) is 1. The Hall–Kier alpha value is -0.940. The van der Waals surface area contributed by atoms with Gasteiger partial charge >= 0.3 is 0 Å². The summed E-state index contributed by atoms with van der Waals surface area (Å²) in [6.45, 7) is 39.8. The smallest absolute Gasteiger partial charge is 0.0107 e. The number of likely N-dealkylation sites (N-methyl/N-ethyl adjacent to an activating group) is 2. The van der Waals surface area contributed by atoms with Gasteiger partial charge in [0.25, 0.3) is 0 Å². The average molecular weight is 1400 g/mol. The number of unbranched alkanes of at least 4 members (excludes halogenated alkanes) is 3. The minimum atomic E-state index is 0. The van der Waals surface area contributed by atoms with Gasteiger partial charge in [-0.15, -0.1) is 0 Å². The molecule has 100 heavy (non-hydrogen) atoms. The third-order valence-electron chi connectivity index (χ3n) is 27.8. The third-order valence-corrected chi connectivity index (χ3v) is 27.8. The van der Waals surface area contributed by atoms with Crippen molar-refractivity contribution in [2.45, 2.75) is 431 Å². The quantitative estimate of drug-likeness (QED) is 0.117. The van der Waals surface area contributed by atoms with E-state index >= 15 is 0 Å². The van der Waals surface area contributed by atoms with Crippen molar-refractivity contribution in [3.63, 3.8) is 0 Å². The number of likely N-dealkylation sites (tertiary alicyclic amines) is 1. The standard InChI is InChI=1S/C16H31N.C16H30.C12H24.2C10H20.C10H14.C9H19N.C6H14N2.C6H14.CH4/c1-3-13-4-6-14(7-5-13)12-15-8-10-16(17-2)11-9-15;1-3-13-5-9-15(10-6-13)16-11-7-14(4-2)8-12-16;1-3-5-11-7-9-12(6-4-2)10-8-11;1-3-9-5-7-10(4-2)8-6-9;2*1-3-9-7-5-6-8-10(9)4-2;1-3-4-9-5-7-10(2)8-6-9;1-7-3-5-8(2)6-4-7;1-3-5-6-4-2;/h13-17H,3-12H2,1-2H3;13-16H,3-12H2,1-2H3;11-12H,3-10H2,1-2H3;2*9-10H,3-8H2,1-2H3;5-8H,3-4H2,1-2H3;9H,3-8H2,1-2H3;3-6H2,1-2H3;3-6H2,1-2H3;1H4. The van der Waals surface area contributed by atoms with Gasteiger partial charge in [-0.25, -0.2) is 0 Å². The Labute approximate surface area is 633 Å². The Kier molecular flexibility index (Phi) is 62.2. The summed E-state index contributed by atoms with van der Waals surface area (Å²) in [4.78, 5) is 7.16. The zero-order valence-corrected chi connectivity index (χ0v) is 71.4. The molecule has 7 aliphatic carbocycles. The second kappa shape index (κ2) is 64.1. The first-order chi connectivity index (χ1) is 48.2. The first kappa shape index (κ1) is 97.1. The van der Waals surface area contributed by atoms with Crippen LogP contribution >= 0.6 is 0 Å². The molecular weight excluding hydrogens is 1210 g/mol. The average Bonchev–Trinajstić information content (AvgIpc) is 1.03. The van der Waals surface area contributed by atoms with Gasteiger partial charge in [0.15, 0.2) is 0 Å². The lowest BCUT2D eigenvalue weighted by atomic mass is 9.68. The van der Waals surface area contributed by atoms with Crippen LogP contribution in [0.3, 0.4) is 0 Å². The lowest BCUT2D eigenvalue weighted by molar-refractivity contribution is 0.144. The van der Waals surface area contributed by atoms with Crippen LogP contribution in [-0.2, 0) is 12.8 Å². The summed E-state index contributed by atoms with van der Waals surface area (Å²) in [6, 6.07) is 9.45. The number of piperidine rings is 1. The molecule has 0 aromatic heterocycles. The van der Waals surface area contributed by atoms with E-state index in [1.165, 1.54) is 326 Å². The Morgan fingerprint density at radius 1 is 0.300 bits per heavy atom. The summed E-state index contributed by atoms with van der Waals surface area (Å²) in [5.74, 6) is 15.1. The van der Waals surface area contributed by atoms with Crippen molar-refractivity contribution < 1.29 is 0 Å². The lowest BCUT2D eigenvalue weighted by Gasteiger charge is -2.37. The maximum absolute atomic E-state index is 3.44. The zero-order chi connectivity index (χ0) is 72.7. The van der Waals surface area contributed by atoms with Gasteiger partial charge in [-0.05, 0) is 219 Å². The molecule has 9 aliphatic rings. The SMILES string of the molecule is C.CCC1CCC(C2CCC(CC)CC2)CC1.CCC1CCC(CC)CC1.CCC1CCC(CC2CCC(NC)CC2)CC1.CCC1CCCCC1CC.CCCC1CCC(CCC)CC1.CCCC1CCN(C)CC1.CCCCCC.CCc1ccccc1CC.CN1CCN(C)CC1. The third kappa shape index (κ3) is 45.0. The minimum absolute atomic E-state index is 0. The fourth-order valence-electron chi connectivity index (χ4n) is 19.6. The number of piperazine rings is 1. The molecule has 594 valence electrons. The van der Waals surface area contributed by atoms with E-state index < -0.39 is 0 Å². The van der Waals surface area contributed by atoms with Gasteiger partial charge in [0.1, 0.15) is 0 Å². The van der Waals surface area contributed by atoms with Gasteiger partial charge in [0.2, 0.25) is 0 Å².